The molecule has 2 aliphatic heterocycles. The van der Waals surface area contributed by atoms with Gasteiger partial charge in [-0.3, -0.25) is 10.1 Å². The van der Waals surface area contributed by atoms with Crippen LogP contribution in [0.1, 0.15) is 11.9 Å². The van der Waals surface area contributed by atoms with Gasteiger partial charge in [0.05, 0.1) is 12.9 Å². The van der Waals surface area contributed by atoms with Gasteiger partial charge in [-0.1, -0.05) is 30.3 Å². The second kappa shape index (κ2) is 4.99. The van der Waals surface area contributed by atoms with E-state index in [0.29, 0.717) is 0 Å². The van der Waals surface area contributed by atoms with Crippen molar-refractivity contribution in [1.82, 2.24) is 0 Å². The minimum absolute atomic E-state index is 0.277. The van der Waals surface area contributed by atoms with Crippen LogP contribution in [0.2, 0.25) is 0 Å². The molecule has 0 amide bonds. The van der Waals surface area contributed by atoms with Crippen molar-refractivity contribution < 1.29 is 19.1 Å². The summed E-state index contributed by atoms with van der Waals surface area (Å²) in [5.74, 6) is 0. The van der Waals surface area contributed by atoms with Crippen LogP contribution in [0.15, 0.2) is 42.7 Å². The predicted molar refractivity (Wildman–Crippen MR) is 64.8 cm³/mol. The lowest BCUT2D eigenvalue weighted by atomic mass is 10.0. The summed E-state index contributed by atoms with van der Waals surface area (Å²) in [7, 11) is 0. The van der Waals surface area contributed by atoms with E-state index in [9.17, 15) is 10.1 Å². The van der Waals surface area contributed by atoms with Gasteiger partial charge in [0.15, 0.2) is 18.5 Å². The van der Waals surface area contributed by atoms with E-state index in [2.05, 4.69) is 0 Å². The smallest absolute Gasteiger partial charge is 0.264 e. The third-order valence-corrected chi connectivity index (χ3v) is 3.24. The summed E-state index contributed by atoms with van der Waals surface area (Å²) >= 11 is 0. The highest BCUT2D eigenvalue weighted by Crippen LogP contribution is 2.31. The van der Waals surface area contributed by atoms with Gasteiger partial charge in [0.25, 0.3) is 6.04 Å². The van der Waals surface area contributed by atoms with Gasteiger partial charge in [0.1, 0.15) is 0 Å². The molecule has 1 fully saturated rings. The van der Waals surface area contributed by atoms with E-state index in [1.54, 1.807) is 0 Å². The summed E-state index contributed by atoms with van der Waals surface area (Å²) in [4.78, 5) is 10.7. The summed E-state index contributed by atoms with van der Waals surface area (Å²) in [5, 5.41) is 11.0. The van der Waals surface area contributed by atoms with Gasteiger partial charge in [0.2, 0.25) is 0 Å². The molecule has 6 nitrogen and oxygen atoms in total. The van der Waals surface area contributed by atoms with E-state index < -0.39 is 24.5 Å². The van der Waals surface area contributed by atoms with Crippen LogP contribution >= 0.6 is 0 Å². The van der Waals surface area contributed by atoms with Crippen LogP contribution in [0, 0.1) is 10.1 Å². The Hall–Kier alpha value is -1.92. The molecule has 1 unspecified atom stereocenters. The molecule has 0 saturated carbocycles. The summed E-state index contributed by atoms with van der Waals surface area (Å²) < 4.78 is 16.6. The van der Waals surface area contributed by atoms with Crippen LogP contribution in [-0.4, -0.2) is 29.8 Å². The largest absolute Gasteiger partial charge is 0.493 e. The molecule has 0 aromatic heterocycles. The molecule has 4 atom stereocenters. The van der Waals surface area contributed by atoms with Crippen LogP contribution in [0.25, 0.3) is 0 Å². The van der Waals surface area contributed by atoms with Gasteiger partial charge in [-0.2, -0.15) is 0 Å². The number of nitro groups is 1. The lowest BCUT2D eigenvalue weighted by Crippen LogP contribution is -2.51. The minimum atomic E-state index is -0.895. The average Bonchev–Trinajstić information content (AvgIpc) is 2.47. The van der Waals surface area contributed by atoms with E-state index in [1.807, 2.05) is 30.3 Å². The first-order valence-electron chi connectivity index (χ1n) is 6.03. The van der Waals surface area contributed by atoms with Gasteiger partial charge in [0, 0.05) is 16.6 Å². The summed E-state index contributed by atoms with van der Waals surface area (Å²) in [6.07, 6.45) is 1.12. The molecular formula is C13H13NO5. The SMILES string of the molecule is O=[N+]([O-])[C@@H]1C=CO[C@@H]2COC(c3ccccc3)O[C@@H]12. The van der Waals surface area contributed by atoms with Crippen LogP contribution in [-0.2, 0) is 14.2 Å². The van der Waals surface area contributed by atoms with Crippen LogP contribution in [0.5, 0.6) is 0 Å². The van der Waals surface area contributed by atoms with Gasteiger partial charge in [-0.15, -0.1) is 0 Å². The Morgan fingerprint density at radius 2 is 2.05 bits per heavy atom. The Bertz CT molecular complexity index is 489. The first-order valence-corrected chi connectivity index (χ1v) is 6.03. The van der Waals surface area contributed by atoms with Crippen molar-refractivity contribution in [2.75, 3.05) is 6.61 Å². The van der Waals surface area contributed by atoms with E-state index in [-0.39, 0.29) is 11.5 Å². The van der Waals surface area contributed by atoms with Crippen molar-refractivity contribution in [3.05, 3.63) is 58.3 Å². The Kier molecular flexibility index (Phi) is 3.18. The zero-order valence-electron chi connectivity index (χ0n) is 10.0. The predicted octanol–water partition coefficient (Wildman–Crippen LogP) is 1.66. The fourth-order valence-electron chi connectivity index (χ4n) is 2.28. The number of rotatable bonds is 2. The maximum atomic E-state index is 11.0. The van der Waals surface area contributed by atoms with Crippen molar-refractivity contribution in [3.8, 4) is 0 Å². The van der Waals surface area contributed by atoms with Crippen molar-refractivity contribution in [1.29, 1.82) is 0 Å². The average molecular weight is 263 g/mol. The van der Waals surface area contributed by atoms with Crippen LogP contribution in [0.3, 0.4) is 0 Å². The number of ether oxygens (including phenoxy) is 3. The molecule has 1 aromatic rings. The number of fused-ring (bicyclic) bond motifs is 1. The molecule has 6 heteroatoms. The topological polar surface area (TPSA) is 70.8 Å². The maximum Gasteiger partial charge on any atom is 0.264 e. The zero-order valence-corrected chi connectivity index (χ0v) is 10.0. The minimum Gasteiger partial charge on any atom is -0.493 e. The number of hydrogen-bond donors (Lipinski definition) is 0. The highest BCUT2D eigenvalue weighted by Gasteiger charge is 2.45. The van der Waals surface area contributed by atoms with Crippen LogP contribution < -0.4 is 0 Å². The molecule has 0 N–H and O–H groups in total. The fourth-order valence-corrected chi connectivity index (χ4v) is 2.28. The molecule has 1 aromatic carbocycles. The standard InChI is InChI=1S/C13H13NO5/c15-14(16)10-6-7-17-11-8-18-13(19-12(10)11)9-4-2-1-3-5-9/h1-7,10-13H,8H2/t10-,11-,12+,13?/m1/s1. The van der Waals surface area contributed by atoms with E-state index in [4.69, 9.17) is 14.2 Å². The molecule has 19 heavy (non-hydrogen) atoms. The Morgan fingerprint density at radius 1 is 1.26 bits per heavy atom. The lowest BCUT2D eigenvalue weighted by Gasteiger charge is -2.37. The molecule has 2 heterocycles. The van der Waals surface area contributed by atoms with Gasteiger partial charge in [-0.25, -0.2) is 0 Å². The monoisotopic (exact) mass is 263 g/mol. The first-order chi connectivity index (χ1) is 9.25. The molecule has 0 bridgehead atoms. The zero-order chi connectivity index (χ0) is 13.2. The summed E-state index contributed by atoms with van der Waals surface area (Å²) in [5.41, 5.74) is 0.845. The second-order valence-corrected chi connectivity index (χ2v) is 4.46. The van der Waals surface area contributed by atoms with Gasteiger partial charge >= 0.3 is 0 Å². The quantitative estimate of drug-likeness (QED) is 0.599. The fraction of sp³-hybridized carbons (Fsp3) is 0.385. The Labute approximate surface area is 109 Å². The summed E-state index contributed by atoms with van der Waals surface area (Å²) in [6, 6.07) is 8.47. The molecule has 100 valence electrons. The van der Waals surface area contributed by atoms with Gasteiger partial charge < -0.3 is 14.2 Å². The van der Waals surface area contributed by atoms with Gasteiger partial charge in [-0.05, 0) is 0 Å². The van der Waals surface area contributed by atoms with Crippen molar-refractivity contribution in [2.45, 2.75) is 24.5 Å². The molecule has 2 aliphatic rings. The molecule has 0 spiro atoms. The molecule has 0 aliphatic carbocycles. The van der Waals surface area contributed by atoms with Crippen molar-refractivity contribution in [3.63, 3.8) is 0 Å². The molecular weight excluding hydrogens is 250 g/mol. The molecule has 1 saturated heterocycles. The van der Waals surface area contributed by atoms with Crippen molar-refractivity contribution >= 4 is 0 Å². The third kappa shape index (κ3) is 2.32. The number of benzene rings is 1. The maximum absolute atomic E-state index is 11.0. The lowest BCUT2D eigenvalue weighted by molar-refractivity contribution is -0.533. The Balaban J connectivity index is 1.80. The summed E-state index contributed by atoms with van der Waals surface area (Å²) in [6.45, 7) is 0.277. The highest BCUT2D eigenvalue weighted by molar-refractivity contribution is 5.16. The molecule has 0 radical (unpaired) electrons. The van der Waals surface area contributed by atoms with E-state index in [1.165, 1.54) is 12.3 Å². The van der Waals surface area contributed by atoms with Crippen LogP contribution in [0.4, 0.5) is 0 Å². The Morgan fingerprint density at radius 3 is 2.79 bits per heavy atom. The second-order valence-electron chi connectivity index (χ2n) is 4.46. The first kappa shape index (κ1) is 12.1. The normalized spacial score (nSPS) is 33.3. The van der Waals surface area contributed by atoms with E-state index in [0.717, 1.165) is 5.56 Å². The highest BCUT2D eigenvalue weighted by atomic mass is 16.7. The number of nitrogens with zero attached hydrogens (tertiary/aromatic N) is 1. The number of hydrogen-bond acceptors (Lipinski definition) is 5. The third-order valence-electron chi connectivity index (χ3n) is 3.24. The molecule has 3 rings (SSSR count). The van der Waals surface area contributed by atoms with Crippen molar-refractivity contribution in [2.24, 2.45) is 0 Å². The van der Waals surface area contributed by atoms with E-state index >= 15 is 0 Å².